The minimum absolute atomic E-state index is 0.0747. The summed E-state index contributed by atoms with van der Waals surface area (Å²) < 4.78 is 3.12. The van der Waals surface area contributed by atoms with Crippen molar-refractivity contribution in [3.8, 4) is 0 Å². The van der Waals surface area contributed by atoms with E-state index < -0.39 is 5.91 Å². The summed E-state index contributed by atoms with van der Waals surface area (Å²) in [5, 5.41) is 10.8. The van der Waals surface area contributed by atoms with E-state index in [0.717, 1.165) is 5.69 Å². The van der Waals surface area contributed by atoms with Gasteiger partial charge in [-0.25, -0.2) is 9.50 Å². The molecule has 0 aliphatic rings. The maximum atomic E-state index is 12.0. The average Bonchev–Trinajstić information content (AvgIpc) is 2.96. The molecular weight excluding hydrogens is 246 g/mol. The lowest BCUT2D eigenvalue weighted by atomic mass is 10.5. The molecule has 3 heterocycles. The molecule has 0 aromatic carbocycles. The molecule has 8 heteroatoms. The molecule has 1 amide bonds. The third-order valence-electron chi connectivity index (χ3n) is 2.60. The fourth-order valence-electron chi connectivity index (χ4n) is 1.68. The third kappa shape index (κ3) is 2.03. The fraction of sp³-hybridized carbons (Fsp3) is 0.182. The number of hydrogen-bond donors (Lipinski definition) is 1. The first-order valence-electron chi connectivity index (χ1n) is 5.62. The van der Waals surface area contributed by atoms with Crippen molar-refractivity contribution in [2.75, 3.05) is 5.32 Å². The van der Waals surface area contributed by atoms with E-state index in [9.17, 15) is 4.79 Å². The normalized spacial score (nSPS) is 10.8. The monoisotopic (exact) mass is 257 g/mol. The Labute approximate surface area is 108 Å². The van der Waals surface area contributed by atoms with Gasteiger partial charge in [0.05, 0.1) is 11.9 Å². The molecule has 3 aromatic rings. The predicted octanol–water partition coefficient (Wildman–Crippen LogP) is 0.419. The van der Waals surface area contributed by atoms with Crippen molar-refractivity contribution < 1.29 is 4.79 Å². The molecule has 0 saturated carbocycles. The van der Waals surface area contributed by atoms with Crippen molar-refractivity contribution in [2.24, 2.45) is 7.05 Å². The number of hydrogen-bond acceptors (Lipinski definition) is 5. The van der Waals surface area contributed by atoms with Crippen molar-refractivity contribution in [1.82, 2.24) is 29.4 Å². The second-order valence-corrected chi connectivity index (χ2v) is 4.09. The van der Waals surface area contributed by atoms with Gasteiger partial charge in [0.15, 0.2) is 0 Å². The quantitative estimate of drug-likeness (QED) is 0.718. The van der Waals surface area contributed by atoms with E-state index in [0.29, 0.717) is 11.5 Å². The SMILES string of the molecule is Cc1ccnc2nc(C(=O)Nc3cnn(C)c3)nn12. The Morgan fingerprint density at radius 3 is 2.95 bits per heavy atom. The topological polar surface area (TPSA) is 90.0 Å². The van der Waals surface area contributed by atoms with Gasteiger partial charge in [-0.05, 0) is 13.0 Å². The Hall–Kier alpha value is -2.77. The number of aromatic nitrogens is 6. The summed E-state index contributed by atoms with van der Waals surface area (Å²) in [6, 6.07) is 1.80. The molecule has 96 valence electrons. The van der Waals surface area contributed by atoms with Crippen LogP contribution in [-0.4, -0.2) is 35.3 Å². The molecule has 3 aromatic heterocycles. The summed E-state index contributed by atoms with van der Waals surface area (Å²) in [4.78, 5) is 20.1. The maximum Gasteiger partial charge on any atom is 0.295 e. The number of rotatable bonds is 2. The van der Waals surface area contributed by atoms with Crippen LogP contribution >= 0.6 is 0 Å². The van der Waals surface area contributed by atoms with Crippen LogP contribution in [0.2, 0.25) is 0 Å². The molecule has 1 N–H and O–H groups in total. The standard InChI is InChI=1S/C11H11N7O/c1-7-3-4-12-11-15-9(16-18(7)11)10(19)14-8-5-13-17(2)6-8/h3-6H,1-2H3,(H,14,19). The van der Waals surface area contributed by atoms with Gasteiger partial charge >= 0.3 is 0 Å². The number of nitrogens with zero attached hydrogens (tertiary/aromatic N) is 6. The molecule has 0 aliphatic heterocycles. The summed E-state index contributed by atoms with van der Waals surface area (Å²) in [5.41, 5.74) is 1.45. The highest BCUT2D eigenvalue weighted by molar-refractivity contribution is 6.01. The van der Waals surface area contributed by atoms with E-state index in [1.165, 1.54) is 4.52 Å². The Balaban J connectivity index is 1.91. The highest BCUT2D eigenvalue weighted by Gasteiger charge is 2.14. The van der Waals surface area contributed by atoms with Crippen LogP contribution in [0.25, 0.3) is 5.78 Å². The minimum Gasteiger partial charge on any atom is -0.316 e. The van der Waals surface area contributed by atoms with Gasteiger partial charge in [-0.2, -0.15) is 10.1 Å². The minimum atomic E-state index is -0.391. The van der Waals surface area contributed by atoms with Crippen LogP contribution < -0.4 is 5.32 Å². The molecule has 19 heavy (non-hydrogen) atoms. The number of carbonyl (C=O) groups excluding carboxylic acids is 1. The second kappa shape index (κ2) is 4.16. The predicted molar refractivity (Wildman–Crippen MR) is 66.7 cm³/mol. The van der Waals surface area contributed by atoms with E-state index in [1.54, 1.807) is 36.4 Å². The van der Waals surface area contributed by atoms with Gasteiger partial charge in [0.2, 0.25) is 5.82 Å². The number of amides is 1. The van der Waals surface area contributed by atoms with Crippen LogP contribution in [-0.2, 0) is 7.05 Å². The van der Waals surface area contributed by atoms with Gasteiger partial charge in [0.1, 0.15) is 0 Å². The van der Waals surface area contributed by atoms with Crippen molar-refractivity contribution in [2.45, 2.75) is 6.92 Å². The Morgan fingerprint density at radius 1 is 1.42 bits per heavy atom. The Kier molecular flexibility index (Phi) is 2.48. The summed E-state index contributed by atoms with van der Waals surface area (Å²) in [5.74, 6) is 0.0832. The summed E-state index contributed by atoms with van der Waals surface area (Å²) in [6.07, 6.45) is 4.87. The lowest BCUT2D eigenvalue weighted by Gasteiger charge is -1.96. The molecule has 0 spiro atoms. The van der Waals surface area contributed by atoms with Crippen molar-refractivity contribution in [3.63, 3.8) is 0 Å². The van der Waals surface area contributed by atoms with Gasteiger partial charge in [0.25, 0.3) is 11.7 Å². The summed E-state index contributed by atoms with van der Waals surface area (Å²) >= 11 is 0. The smallest absolute Gasteiger partial charge is 0.295 e. The number of carbonyl (C=O) groups is 1. The van der Waals surface area contributed by atoms with E-state index in [2.05, 4.69) is 25.5 Å². The maximum absolute atomic E-state index is 12.0. The zero-order chi connectivity index (χ0) is 13.4. The number of nitrogens with one attached hydrogen (secondary N) is 1. The lowest BCUT2D eigenvalue weighted by Crippen LogP contribution is -2.13. The molecule has 0 aliphatic carbocycles. The average molecular weight is 257 g/mol. The molecule has 3 rings (SSSR count). The molecule has 0 radical (unpaired) electrons. The summed E-state index contributed by atoms with van der Waals surface area (Å²) in [6.45, 7) is 1.87. The van der Waals surface area contributed by atoms with E-state index in [4.69, 9.17) is 0 Å². The summed E-state index contributed by atoms with van der Waals surface area (Å²) in [7, 11) is 1.77. The van der Waals surface area contributed by atoms with Gasteiger partial charge in [-0.3, -0.25) is 9.48 Å². The molecule has 0 bridgehead atoms. The van der Waals surface area contributed by atoms with Crippen LogP contribution in [0.5, 0.6) is 0 Å². The van der Waals surface area contributed by atoms with Crippen LogP contribution in [0.3, 0.4) is 0 Å². The van der Waals surface area contributed by atoms with Crippen LogP contribution in [0, 0.1) is 6.92 Å². The molecule has 0 atom stereocenters. The zero-order valence-electron chi connectivity index (χ0n) is 10.4. The molecular formula is C11H11N7O. The first-order valence-corrected chi connectivity index (χ1v) is 5.62. The van der Waals surface area contributed by atoms with Crippen molar-refractivity contribution in [3.05, 3.63) is 36.2 Å². The lowest BCUT2D eigenvalue weighted by molar-refractivity contribution is 0.101. The highest BCUT2D eigenvalue weighted by atomic mass is 16.2. The van der Waals surface area contributed by atoms with E-state index in [1.807, 2.05) is 6.92 Å². The van der Waals surface area contributed by atoms with Gasteiger partial charge < -0.3 is 5.32 Å². The first kappa shape index (κ1) is 11.3. The van der Waals surface area contributed by atoms with Gasteiger partial charge in [0, 0.05) is 25.1 Å². The Morgan fingerprint density at radius 2 is 2.26 bits per heavy atom. The first-order chi connectivity index (χ1) is 9.13. The Bertz CT molecular complexity index is 757. The van der Waals surface area contributed by atoms with Gasteiger partial charge in [-0.1, -0.05) is 0 Å². The van der Waals surface area contributed by atoms with Crippen molar-refractivity contribution in [1.29, 1.82) is 0 Å². The highest BCUT2D eigenvalue weighted by Crippen LogP contribution is 2.07. The van der Waals surface area contributed by atoms with E-state index >= 15 is 0 Å². The van der Waals surface area contributed by atoms with Crippen LogP contribution in [0.15, 0.2) is 24.7 Å². The number of anilines is 1. The molecule has 0 unspecified atom stereocenters. The molecule has 0 fully saturated rings. The molecule has 0 saturated heterocycles. The molecule has 8 nitrogen and oxygen atoms in total. The van der Waals surface area contributed by atoms with Crippen molar-refractivity contribution >= 4 is 17.4 Å². The fourth-order valence-corrected chi connectivity index (χ4v) is 1.68. The van der Waals surface area contributed by atoms with Gasteiger partial charge in [-0.15, -0.1) is 5.10 Å². The van der Waals surface area contributed by atoms with Crippen LogP contribution in [0.1, 0.15) is 16.3 Å². The van der Waals surface area contributed by atoms with Crippen LogP contribution in [0.4, 0.5) is 5.69 Å². The van der Waals surface area contributed by atoms with E-state index in [-0.39, 0.29) is 5.82 Å². The second-order valence-electron chi connectivity index (χ2n) is 4.09. The largest absolute Gasteiger partial charge is 0.316 e. The number of aryl methyl sites for hydroxylation is 2. The zero-order valence-corrected chi connectivity index (χ0v) is 10.4. The number of fused-ring (bicyclic) bond motifs is 1. The third-order valence-corrected chi connectivity index (χ3v) is 2.60.